The van der Waals surface area contributed by atoms with Crippen molar-refractivity contribution < 1.29 is 9.92 Å². The monoisotopic (exact) mass is 312 g/mol. The molecule has 0 radical (unpaired) electrons. The Morgan fingerprint density at radius 2 is 1.87 bits per heavy atom. The van der Waals surface area contributed by atoms with Gasteiger partial charge < -0.3 is 4.84 Å². The van der Waals surface area contributed by atoms with Crippen molar-refractivity contribution in [2.45, 2.75) is 25.7 Å². The molecule has 1 heterocycles. The number of pyridine rings is 1. The van der Waals surface area contributed by atoms with E-state index in [9.17, 15) is 10.1 Å². The Kier molecular flexibility index (Phi) is 6.78. The van der Waals surface area contributed by atoms with Gasteiger partial charge in [-0.15, -0.1) is 10.1 Å². The van der Waals surface area contributed by atoms with Crippen LogP contribution in [-0.2, 0) is 4.84 Å². The van der Waals surface area contributed by atoms with Crippen LogP contribution >= 0.6 is 0 Å². The summed E-state index contributed by atoms with van der Waals surface area (Å²) >= 11 is 0. The SMILES string of the molecule is O=[N+]([O-])OCCCCCC=C(c1ccccc1)c1cccnc1. The molecule has 1 aromatic carbocycles. The Bertz CT molecular complexity index is 586. The third kappa shape index (κ3) is 5.90. The molecule has 0 bridgehead atoms. The minimum absolute atomic E-state index is 0.171. The van der Waals surface area contributed by atoms with Gasteiger partial charge in [0.15, 0.2) is 0 Å². The van der Waals surface area contributed by atoms with Crippen LogP contribution in [0.1, 0.15) is 36.8 Å². The largest absolute Gasteiger partial charge is 0.314 e. The average molecular weight is 312 g/mol. The first-order valence-electron chi connectivity index (χ1n) is 7.70. The number of rotatable bonds is 9. The lowest BCUT2D eigenvalue weighted by molar-refractivity contribution is -0.757. The van der Waals surface area contributed by atoms with Gasteiger partial charge in [0.25, 0.3) is 5.09 Å². The second kappa shape index (κ2) is 9.35. The maximum atomic E-state index is 10.1. The molecule has 0 saturated carbocycles. The number of allylic oxidation sites excluding steroid dienone is 1. The zero-order valence-electron chi connectivity index (χ0n) is 12.9. The lowest BCUT2D eigenvalue weighted by Crippen LogP contribution is -2.01. The fourth-order valence-electron chi connectivity index (χ4n) is 2.35. The van der Waals surface area contributed by atoms with Gasteiger partial charge in [0, 0.05) is 18.0 Å². The molecule has 5 heteroatoms. The van der Waals surface area contributed by atoms with Crippen molar-refractivity contribution in [3.8, 4) is 0 Å². The molecule has 2 aromatic rings. The maximum Gasteiger partial charge on any atom is 0.294 e. The average Bonchev–Trinajstić information content (AvgIpc) is 2.59. The number of benzene rings is 1. The molecule has 2 rings (SSSR count). The summed E-state index contributed by atoms with van der Waals surface area (Å²) in [6, 6.07) is 14.2. The highest BCUT2D eigenvalue weighted by atomic mass is 16.9. The van der Waals surface area contributed by atoms with Crippen LogP contribution in [0, 0.1) is 10.1 Å². The van der Waals surface area contributed by atoms with Crippen LogP contribution in [0.25, 0.3) is 5.57 Å². The molecule has 1 aromatic heterocycles. The molecular weight excluding hydrogens is 292 g/mol. The zero-order chi connectivity index (χ0) is 16.3. The van der Waals surface area contributed by atoms with E-state index in [0.29, 0.717) is 6.42 Å². The molecule has 0 saturated heterocycles. The highest BCUT2D eigenvalue weighted by molar-refractivity contribution is 5.79. The van der Waals surface area contributed by atoms with Crippen LogP contribution < -0.4 is 0 Å². The summed E-state index contributed by atoms with van der Waals surface area (Å²) in [5, 5.41) is 9.32. The van der Waals surface area contributed by atoms with E-state index in [1.54, 1.807) is 6.20 Å². The van der Waals surface area contributed by atoms with E-state index in [2.05, 4.69) is 34.1 Å². The molecule has 0 atom stereocenters. The molecule has 0 unspecified atom stereocenters. The number of hydrogen-bond acceptors (Lipinski definition) is 4. The predicted molar refractivity (Wildman–Crippen MR) is 89.2 cm³/mol. The second-order valence-electron chi connectivity index (χ2n) is 5.13. The first-order chi connectivity index (χ1) is 11.3. The quantitative estimate of drug-likeness (QED) is 0.394. The van der Waals surface area contributed by atoms with Crippen molar-refractivity contribution in [1.82, 2.24) is 4.98 Å². The van der Waals surface area contributed by atoms with E-state index in [0.717, 1.165) is 30.4 Å². The van der Waals surface area contributed by atoms with Crippen LogP contribution in [-0.4, -0.2) is 16.7 Å². The Morgan fingerprint density at radius 3 is 2.57 bits per heavy atom. The molecule has 0 N–H and O–H groups in total. The molecule has 5 nitrogen and oxygen atoms in total. The second-order valence-corrected chi connectivity index (χ2v) is 5.13. The highest BCUT2D eigenvalue weighted by Crippen LogP contribution is 2.23. The molecule has 0 aliphatic carbocycles. The predicted octanol–water partition coefficient (Wildman–Crippen LogP) is 4.28. The van der Waals surface area contributed by atoms with Gasteiger partial charge in [0.2, 0.25) is 0 Å². The van der Waals surface area contributed by atoms with Crippen molar-refractivity contribution in [2.75, 3.05) is 6.61 Å². The van der Waals surface area contributed by atoms with Gasteiger partial charge in [-0.2, -0.15) is 0 Å². The van der Waals surface area contributed by atoms with E-state index in [1.807, 2.05) is 30.5 Å². The van der Waals surface area contributed by atoms with Gasteiger partial charge in [-0.05, 0) is 36.5 Å². The van der Waals surface area contributed by atoms with E-state index in [-0.39, 0.29) is 6.61 Å². The van der Waals surface area contributed by atoms with Crippen LogP contribution in [0.4, 0.5) is 0 Å². The van der Waals surface area contributed by atoms with E-state index < -0.39 is 5.09 Å². The number of nitrogens with zero attached hydrogens (tertiary/aromatic N) is 2. The van der Waals surface area contributed by atoms with Crippen LogP contribution in [0.2, 0.25) is 0 Å². The fourth-order valence-corrected chi connectivity index (χ4v) is 2.35. The van der Waals surface area contributed by atoms with Crippen molar-refractivity contribution >= 4 is 5.57 Å². The summed E-state index contributed by atoms with van der Waals surface area (Å²) in [4.78, 5) is 18.6. The van der Waals surface area contributed by atoms with Gasteiger partial charge in [-0.3, -0.25) is 4.98 Å². The van der Waals surface area contributed by atoms with Gasteiger partial charge in [0.05, 0.1) is 6.61 Å². The molecule has 120 valence electrons. The Hall–Kier alpha value is -2.69. The Labute approximate surface area is 135 Å². The maximum absolute atomic E-state index is 10.1. The lowest BCUT2D eigenvalue weighted by Gasteiger charge is -2.08. The fraction of sp³-hybridized carbons (Fsp3) is 0.278. The summed E-state index contributed by atoms with van der Waals surface area (Å²) in [6.07, 6.45) is 9.32. The third-order valence-corrected chi connectivity index (χ3v) is 3.45. The summed E-state index contributed by atoms with van der Waals surface area (Å²) in [5.41, 5.74) is 3.42. The first kappa shape index (κ1) is 16.7. The number of hydrogen-bond donors (Lipinski definition) is 0. The number of aromatic nitrogens is 1. The molecule has 0 spiro atoms. The van der Waals surface area contributed by atoms with E-state index in [1.165, 1.54) is 5.57 Å². The normalized spacial score (nSPS) is 11.2. The van der Waals surface area contributed by atoms with Gasteiger partial charge >= 0.3 is 0 Å². The third-order valence-electron chi connectivity index (χ3n) is 3.45. The lowest BCUT2D eigenvalue weighted by atomic mass is 9.97. The summed E-state index contributed by atoms with van der Waals surface area (Å²) in [6.45, 7) is 0.171. The van der Waals surface area contributed by atoms with Crippen LogP contribution in [0.5, 0.6) is 0 Å². The van der Waals surface area contributed by atoms with Crippen molar-refractivity contribution in [3.63, 3.8) is 0 Å². The zero-order valence-corrected chi connectivity index (χ0v) is 12.9. The summed E-state index contributed by atoms with van der Waals surface area (Å²) in [5.74, 6) is 0. The van der Waals surface area contributed by atoms with Gasteiger partial charge in [-0.25, -0.2) is 0 Å². The van der Waals surface area contributed by atoms with Gasteiger partial charge in [0.1, 0.15) is 0 Å². The Balaban J connectivity index is 1.94. The standard InChI is InChI=1S/C18H20N2O3/c21-20(22)23-14-7-2-1-6-12-18(16-9-4-3-5-10-16)17-11-8-13-19-15-17/h3-5,8-13,15H,1-2,6-7,14H2. The smallest absolute Gasteiger partial charge is 0.294 e. The minimum Gasteiger partial charge on any atom is -0.314 e. The topological polar surface area (TPSA) is 65.3 Å². The van der Waals surface area contributed by atoms with Crippen LogP contribution in [0.3, 0.4) is 0 Å². The Morgan fingerprint density at radius 1 is 1.09 bits per heavy atom. The molecule has 0 amide bonds. The molecule has 0 aliphatic heterocycles. The minimum atomic E-state index is -0.740. The molecular formula is C18H20N2O3. The van der Waals surface area contributed by atoms with E-state index in [4.69, 9.17) is 0 Å². The summed E-state index contributed by atoms with van der Waals surface area (Å²) < 4.78 is 0. The van der Waals surface area contributed by atoms with Crippen molar-refractivity contribution in [1.29, 1.82) is 0 Å². The molecule has 23 heavy (non-hydrogen) atoms. The molecule has 0 fully saturated rings. The van der Waals surface area contributed by atoms with Crippen molar-refractivity contribution in [3.05, 3.63) is 82.2 Å². The van der Waals surface area contributed by atoms with Crippen LogP contribution in [0.15, 0.2) is 60.9 Å². The molecule has 0 aliphatic rings. The van der Waals surface area contributed by atoms with Crippen molar-refractivity contribution in [2.24, 2.45) is 0 Å². The van der Waals surface area contributed by atoms with E-state index >= 15 is 0 Å². The first-order valence-corrected chi connectivity index (χ1v) is 7.70. The summed E-state index contributed by atoms with van der Waals surface area (Å²) in [7, 11) is 0. The highest BCUT2D eigenvalue weighted by Gasteiger charge is 2.04. The van der Waals surface area contributed by atoms with Gasteiger partial charge in [-0.1, -0.05) is 48.9 Å². The number of unbranched alkanes of at least 4 members (excludes halogenated alkanes) is 3.